The quantitative estimate of drug-likeness (QED) is 0.837. The van der Waals surface area contributed by atoms with E-state index in [2.05, 4.69) is 12.2 Å². The predicted molar refractivity (Wildman–Crippen MR) is 96.5 cm³/mol. The monoisotopic (exact) mass is 340 g/mol. The molecule has 23 heavy (non-hydrogen) atoms. The summed E-state index contributed by atoms with van der Waals surface area (Å²) in [7, 11) is 0. The third kappa shape index (κ3) is 5.40. The van der Waals surface area contributed by atoms with Gasteiger partial charge in [0.05, 0.1) is 0 Å². The molecule has 0 aromatic carbocycles. The maximum atomic E-state index is 12.5. The lowest BCUT2D eigenvalue weighted by Gasteiger charge is -2.34. The second-order valence-corrected chi connectivity index (χ2v) is 8.78. The van der Waals surface area contributed by atoms with Gasteiger partial charge in [0.25, 0.3) is 0 Å². The molecule has 1 saturated carbocycles. The summed E-state index contributed by atoms with van der Waals surface area (Å²) < 4.78 is 0. The van der Waals surface area contributed by atoms with Gasteiger partial charge in [0.1, 0.15) is 0 Å². The summed E-state index contributed by atoms with van der Waals surface area (Å²) >= 11 is 2.03. The van der Waals surface area contributed by atoms with Crippen molar-refractivity contribution in [2.75, 3.05) is 18.8 Å². The molecule has 2 aliphatic rings. The molecule has 1 N–H and O–H groups in total. The molecule has 1 saturated heterocycles. The molecule has 1 aliphatic carbocycles. The Kier molecular flexibility index (Phi) is 7.25. The summed E-state index contributed by atoms with van der Waals surface area (Å²) in [5, 5.41) is 4.00. The molecular weight excluding hydrogens is 308 g/mol. The molecule has 2 fully saturated rings. The fraction of sp³-hybridized carbons (Fsp3) is 0.889. The Bertz CT molecular complexity index is 404. The van der Waals surface area contributed by atoms with E-state index in [1.54, 1.807) is 0 Å². The van der Waals surface area contributed by atoms with Crippen LogP contribution in [0.4, 0.5) is 0 Å². The number of carbonyl (C=O) groups is 2. The summed E-state index contributed by atoms with van der Waals surface area (Å²) in [6.07, 6.45) is 6.38. The summed E-state index contributed by atoms with van der Waals surface area (Å²) in [6, 6.07) is 0.357. The van der Waals surface area contributed by atoms with Gasteiger partial charge in [-0.25, -0.2) is 0 Å². The van der Waals surface area contributed by atoms with Crippen LogP contribution in [0.15, 0.2) is 0 Å². The van der Waals surface area contributed by atoms with Gasteiger partial charge in [-0.2, -0.15) is 11.8 Å². The van der Waals surface area contributed by atoms with Crippen LogP contribution in [0.2, 0.25) is 0 Å². The number of hydrogen-bond acceptors (Lipinski definition) is 3. The van der Waals surface area contributed by atoms with Crippen LogP contribution in [0, 0.1) is 11.8 Å². The second kappa shape index (κ2) is 8.95. The second-order valence-electron chi connectivity index (χ2n) is 7.20. The first-order valence-electron chi connectivity index (χ1n) is 9.22. The maximum absolute atomic E-state index is 12.5. The van der Waals surface area contributed by atoms with Gasteiger partial charge in [-0.15, -0.1) is 0 Å². The number of hydrogen-bond donors (Lipinski definition) is 1. The number of thioether (sulfide) groups is 1. The highest BCUT2D eigenvalue weighted by Crippen LogP contribution is 2.29. The van der Waals surface area contributed by atoms with Gasteiger partial charge in [-0.05, 0) is 37.9 Å². The van der Waals surface area contributed by atoms with E-state index in [1.807, 2.05) is 30.5 Å². The molecule has 0 aromatic rings. The van der Waals surface area contributed by atoms with E-state index in [0.717, 1.165) is 44.5 Å². The minimum absolute atomic E-state index is 0.0515. The molecule has 4 nitrogen and oxygen atoms in total. The highest BCUT2D eigenvalue weighted by molar-refractivity contribution is 7.99. The predicted octanol–water partition coefficient (Wildman–Crippen LogP) is 3.06. The maximum Gasteiger partial charge on any atom is 0.225 e. The first-order valence-corrected chi connectivity index (χ1v) is 10.3. The van der Waals surface area contributed by atoms with E-state index in [-0.39, 0.29) is 23.7 Å². The summed E-state index contributed by atoms with van der Waals surface area (Å²) in [4.78, 5) is 26.5. The Morgan fingerprint density at radius 2 is 1.87 bits per heavy atom. The number of nitrogens with zero attached hydrogens (tertiary/aromatic N) is 1. The smallest absolute Gasteiger partial charge is 0.225 e. The Labute approximate surface area is 145 Å². The van der Waals surface area contributed by atoms with E-state index >= 15 is 0 Å². The first-order chi connectivity index (χ1) is 11.0. The van der Waals surface area contributed by atoms with Crippen LogP contribution in [0.5, 0.6) is 0 Å². The SMILES string of the molecule is CCS[C@@H]1CCC[C@H](NC(=O)C2CCN(C(=O)C(C)C)CC2)C1. The minimum Gasteiger partial charge on any atom is -0.353 e. The third-order valence-electron chi connectivity index (χ3n) is 5.05. The molecule has 2 amide bonds. The zero-order valence-corrected chi connectivity index (χ0v) is 15.7. The van der Waals surface area contributed by atoms with E-state index in [4.69, 9.17) is 0 Å². The highest BCUT2D eigenvalue weighted by atomic mass is 32.2. The van der Waals surface area contributed by atoms with Crippen molar-refractivity contribution in [2.45, 2.75) is 70.6 Å². The van der Waals surface area contributed by atoms with Crippen LogP contribution >= 0.6 is 11.8 Å². The molecule has 2 atom stereocenters. The summed E-state index contributed by atoms with van der Waals surface area (Å²) in [6.45, 7) is 7.55. The lowest BCUT2D eigenvalue weighted by Crippen LogP contribution is -2.47. The molecule has 0 bridgehead atoms. The van der Waals surface area contributed by atoms with Crippen LogP contribution in [-0.4, -0.2) is 46.8 Å². The van der Waals surface area contributed by atoms with Crippen LogP contribution in [0.1, 0.15) is 59.3 Å². The summed E-state index contributed by atoms with van der Waals surface area (Å²) in [5.74, 6) is 1.73. The molecule has 1 heterocycles. The lowest BCUT2D eigenvalue weighted by atomic mass is 9.92. The van der Waals surface area contributed by atoms with E-state index in [1.165, 1.54) is 12.8 Å². The van der Waals surface area contributed by atoms with Crippen LogP contribution in [0.25, 0.3) is 0 Å². The number of rotatable bonds is 5. The van der Waals surface area contributed by atoms with Crippen molar-refractivity contribution in [3.63, 3.8) is 0 Å². The van der Waals surface area contributed by atoms with Crippen LogP contribution < -0.4 is 5.32 Å². The zero-order valence-electron chi connectivity index (χ0n) is 14.8. The Hall–Kier alpha value is -0.710. The first kappa shape index (κ1) is 18.6. The van der Waals surface area contributed by atoms with Crippen molar-refractivity contribution in [2.24, 2.45) is 11.8 Å². The average Bonchev–Trinajstić information content (AvgIpc) is 2.55. The standard InChI is InChI=1S/C18H32N2O2S/c1-4-23-16-7-5-6-15(12-16)19-17(21)14-8-10-20(11-9-14)18(22)13(2)3/h13-16H,4-12H2,1-3H3,(H,19,21)/t15-,16+/m0/s1. The molecule has 5 heteroatoms. The highest BCUT2D eigenvalue weighted by Gasteiger charge is 2.30. The summed E-state index contributed by atoms with van der Waals surface area (Å²) in [5.41, 5.74) is 0. The molecule has 2 rings (SSSR count). The van der Waals surface area contributed by atoms with E-state index < -0.39 is 0 Å². The number of likely N-dealkylation sites (tertiary alicyclic amines) is 1. The minimum atomic E-state index is 0.0515. The largest absolute Gasteiger partial charge is 0.353 e. The van der Waals surface area contributed by atoms with Gasteiger partial charge in [-0.1, -0.05) is 27.2 Å². The Morgan fingerprint density at radius 3 is 2.48 bits per heavy atom. The molecule has 0 unspecified atom stereocenters. The Balaban J connectivity index is 1.75. The number of nitrogens with one attached hydrogen (secondary N) is 1. The third-order valence-corrected chi connectivity index (χ3v) is 6.28. The van der Waals surface area contributed by atoms with Crippen molar-refractivity contribution >= 4 is 23.6 Å². The number of carbonyl (C=O) groups excluding carboxylic acids is 2. The number of piperidine rings is 1. The zero-order chi connectivity index (χ0) is 16.8. The Morgan fingerprint density at radius 1 is 1.17 bits per heavy atom. The van der Waals surface area contributed by atoms with Crippen LogP contribution in [0.3, 0.4) is 0 Å². The molecule has 0 radical (unpaired) electrons. The van der Waals surface area contributed by atoms with E-state index in [0.29, 0.717) is 11.3 Å². The fourth-order valence-corrected chi connectivity index (χ4v) is 4.88. The average molecular weight is 341 g/mol. The van der Waals surface area contributed by atoms with Gasteiger partial charge >= 0.3 is 0 Å². The van der Waals surface area contributed by atoms with E-state index in [9.17, 15) is 9.59 Å². The van der Waals surface area contributed by atoms with Crippen molar-refractivity contribution in [1.29, 1.82) is 0 Å². The number of amides is 2. The van der Waals surface area contributed by atoms with Crippen molar-refractivity contribution in [1.82, 2.24) is 10.2 Å². The molecule has 132 valence electrons. The van der Waals surface area contributed by atoms with Crippen molar-refractivity contribution in [3.8, 4) is 0 Å². The van der Waals surface area contributed by atoms with Crippen LogP contribution in [-0.2, 0) is 9.59 Å². The van der Waals surface area contributed by atoms with Gasteiger partial charge in [0.15, 0.2) is 0 Å². The van der Waals surface area contributed by atoms with Gasteiger partial charge in [0.2, 0.25) is 11.8 Å². The normalized spacial score (nSPS) is 26.3. The molecular formula is C18H32N2O2S. The van der Waals surface area contributed by atoms with Gasteiger partial charge < -0.3 is 10.2 Å². The molecule has 1 aliphatic heterocycles. The fourth-order valence-electron chi connectivity index (χ4n) is 3.71. The van der Waals surface area contributed by atoms with Crippen molar-refractivity contribution in [3.05, 3.63) is 0 Å². The molecule has 0 aromatic heterocycles. The molecule has 0 spiro atoms. The van der Waals surface area contributed by atoms with Gasteiger partial charge in [-0.3, -0.25) is 9.59 Å². The topological polar surface area (TPSA) is 49.4 Å². The van der Waals surface area contributed by atoms with Crippen molar-refractivity contribution < 1.29 is 9.59 Å². The van der Waals surface area contributed by atoms with Gasteiger partial charge in [0, 0.05) is 36.2 Å². The lowest BCUT2D eigenvalue weighted by molar-refractivity contribution is -0.138.